The number of rotatable bonds is 11. The van der Waals surface area contributed by atoms with Crippen molar-refractivity contribution in [3.63, 3.8) is 0 Å². The monoisotopic (exact) mass is 971 g/mol. The molecule has 3 aliphatic carbocycles. The van der Waals surface area contributed by atoms with Crippen molar-refractivity contribution in [2.24, 2.45) is 0 Å². The molecule has 3 saturated carbocycles. The first-order valence-electron chi connectivity index (χ1n) is 27.3. The SMILES string of the molecule is Fc1ccc(-c2ccc(C3CCCCC3c3cc(-c4ccccc4-c4cnc(-c5ccccc5)cc4C4CCC(c5ccccc5)CC4)cc(C4CCCCC4c4ccc(-c5ccc(F)cc5)nc4)c3)cn2)cc1. The molecule has 74 heavy (non-hydrogen) atoms. The summed E-state index contributed by atoms with van der Waals surface area (Å²) in [5.41, 5.74) is 19.0. The molecule has 0 amide bonds. The van der Waals surface area contributed by atoms with Gasteiger partial charge >= 0.3 is 0 Å². The van der Waals surface area contributed by atoms with Crippen LogP contribution in [0.25, 0.3) is 56.0 Å². The number of nitrogens with zero attached hydrogens (tertiary/aromatic N) is 3. The molecule has 0 saturated heterocycles. The molecule has 3 aromatic heterocycles. The molecule has 12 rings (SSSR count). The van der Waals surface area contributed by atoms with Gasteiger partial charge in [-0.25, -0.2) is 8.78 Å². The molecule has 9 aromatic rings. The van der Waals surface area contributed by atoms with E-state index in [1.165, 1.54) is 118 Å². The Morgan fingerprint density at radius 2 is 0.743 bits per heavy atom. The summed E-state index contributed by atoms with van der Waals surface area (Å²) < 4.78 is 27.8. The van der Waals surface area contributed by atoms with Gasteiger partial charge in [-0.15, -0.1) is 0 Å². The number of benzene rings is 6. The summed E-state index contributed by atoms with van der Waals surface area (Å²) in [7, 11) is 0. The number of hydrogen-bond donors (Lipinski definition) is 0. The molecule has 0 spiro atoms. The van der Waals surface area contributed by atoms with E-state index >= 15 is 0 Å². The summed E-state index contributed by atoms with van der Waals surface area (Å²) in [6.07, 6.45) is 20.1. The van der Waals surface area contributed by atoms with Crippen molar-refractivity contribution in [3.05, 3.63) is 246 Å². The second-order valence-electron chi connectivity index (χ2n) is 21.4. The van der Waals surface area contributed by atoms with Crippen LogP contribution in [0.3, 0.4) is 0 Å². The molecule has 3 fully saturated rings. The van der Waals surface area contributed by atoms with E-state index in [4.69, 9.17) is 15.0 Å². The van der Waals surface area contributed by atoms with Gasteiger partial charge in [0.25, 0.3) is 0 Å². The molecule has 0 bridgehead atoms. The molecule has 5 heteroatoms. The third-order valence-electron chi connectivity index (χ3n) is 17.0. The topological polar surface area (TPSA) is 38.7 Å². The third-order valence-corrected chi connectivity index (χ3v) is 17.0. The summed E-state index contributed by atoms with van der Waals surface area (Å²) in [5.74, 6) is 1.78. The quantitative estimate of drug-likeness (QED) is 0.130. The lowest BCUT2D eigenvalue weighted by molar-refractivity contribution is 0.378. The van der Waals surface area contributed by atoms with Gasteiger partial charge in [0.15, 0.2) is 0 Å². The average molecular weight is 972 g/mol. The van der Waals surface area contributed by atoms with Crippen LogP contribution in [-0.2, 0) is 0 Å². The largest absolute Gasteiger partial charge is 0.256 e. The Hall–Kier alpha value is -7.37. The van der Waals surface area contributed by atoms with E-state index in [2.05, 4.69) is 152 Å². The highest BCUT2D eigenvalue weighted by Crippen LogP contribution is 2.51. The van der Waals surface area contributed by atoms with E-state index < -0.39 is 0 Å². The minimum Gasteiger partial charge on any atom is -0.256 e. The van der Waals surface area contributed by atoms with E-state index in [1.807, 2.05) is 24.3 Å². The van der Waals surface area contributed by atoms with E-state index in [9.17, 15) is 8.78 Å². The lowest BCUT2D eigenvalue weighted by Gasteiger charge is -2.35. The minimum absolute atomic E-state index is 0.241. The zero-order chi connectivity index (χ0) is 49.8. The fourth-order valence-corrected chi connectivity index (χ4v) is 13.2. The van der Waals surface area contributed by atoms with Crippen LogP contribution in [0.2, 0.25) is 0 Å². The first-order chi connectivity index (χ1) is 36.5. The second-order valence-corrected chi connectivity index (χ2v) is 21.4. The summed E-state index contributed by atoms with van der Waals surface area (Å²) in [6.45, 7) is 0. The maximum Gasteiger partial charge on any atom is 0.123 e. The Labute approximate surface area is 435 Å². The van der Waals surface area contributed by atoms with Gasteiger partial charge in [0.1, 0.15) is 11.6 Å². The highest BCUT2D eigenvalue weighted by Gasteiger charge is 2.33. The van der Waals surface area contributed by atoms with Gasteiger partial charge in [0.05, 0.1) is 17.1 Å². The Morgan fingerprint density at radius 3 is 1.26 bits per heavy atom. The molecule has 0 radical (unpaired) electrons. The maximum atomic E-state index is 13.9. The molecule has 3 heterocycles. The highest BCUT2D eigenvalue weighted by molar-refractivity contribution is 5.86. The second kappa shape index (κ2) is 21.6. The average Bonchev–Trinajstić information content (AvgIpc) is 3.48. The Balaban J connectivity index is 0.960. The molecule has 368 valence electrons. The highest BCUT2D eigenvalue weighted by atomic mass is 19.1. The number of hydrogen-bond acceptors (Lipinski definition) is 3. The Morgan fingerprint density at radius 1 is 0.297 bits per heavy atom. The predicted octanol–water partition coefficient (Wildman–Crippen LogP) is 18.8. The third kappa shape index (κ3) is 10.1. The minimum atomic E-state index is -0.241. The number of aromatic nitrogens is 3. The first kappa shape index (κ1) is 47.6. The maximum absolute atomic E-state index is 13.9. The Kier molecular flexibility index (Phi) is 13.9. The van der Waals surface area contributed by atoms with Crippen molar-refractivity contribution < 1.29 is 8.78 Å². The predicted molar refractivity (Wildman–Crippen MR) is 298 cm³/mol. The summed E-state index contributed by atoms with van der Waals surface area (Å²) >= 11 is 0. The Bertz CT molecular complexity index is 3180. The van der Waals surface area contributed by atoms with E-state index in [0.29, 0.717) is 35.5 Å². The number of halogens is 2. The standard InChI is InChI=1S/C69H63F2N3/c70-57-33-27-50(28-34-57)67-37-31-52(43-72-67)59-17-7-9-19-61(59)54-39-55(62-20-10-8-18-60(62)53-32-38-68(73-44-53)51-29-35-58(71)36-30-51)41-56(40-54)63-21-11-12-22-64(63)66-45-74-69(49-15-5-2-6-16-49)42-65(66)48-25-23-47(24-26-48)46-13-3-1-4-14-46/h1-6,11-16,21-22,27-45,47-48,59-62H,7-10,17-20,23-26H2. The van der Waals surface area contributed by atoms with Gasteiger partial charge in [-0.05, 0) is 204 Å². The van der Waals surface area contributed by atoms with Crippen molar-refractivity contribution in [3.8, 4) is 56.0 Å². The van der Waals surface area contributed by atoms with Crippen LogP contribution in [0.5, 0.6) is 0 Å². The lowest BCUT2D eigenvalue weighted by Crippen LogP contribution is -2.19. The van der Waals surface area contributed by atoms with Gasteiger partial charge in [-0.1, -0.05) is 141 Å². The van der Waals surface area contributed by atoms with Crippen LogP contribution in [-0.4, -0.2) is 15.0 Å². The van der Waals surface area contributed by atoms with Crippen molar-refractivity contribution in [1.29, 1.82) is 0 Å². The van der Waals surface area contributed by atoms with E-state index in [0.717, 1.165) is 72.3 Å². The molecule has 6 aromatic carbocycles. The van der Waals surface area contributed by atoms with Crippen LogP contribution >= 0.6 is 0 Å². The van der Waals surface area contributed by atoms with Crippen LogP contribution in [0.1, 0.15) is 146 Å². The summed E-state index contributed by atoms with van der Waals surface area (Å²) in [5, 5.41) is 0. The molecule has 0 aliphatic heterocycles. The van der Waals surface area contributed by atoms with Crippen molar-refractivity contribution in [2.75, 3.05) is 0 Å². The lowest BCUT2D eigenvalue weighted by atomic mass is 9.69. The van der Waals surface area contributed by atoms with Crippen LogP contribution in [0.4, 0.5) is 8.78 Å². The zero-order valence-electron chi connectivity index (χ0n) is 42.1. The molecule has 3 aliphatic rings. The van der Waals surface area contributed by atoms with Gasteiger partial charge in [-0.3, -0.25) is 15.0 Å². The van der Waals surface area contributed by atoms with Crippen LogP contribution < -0.4 is 0 Å². The fourth-order valence-electron chi connectivity index (χ4n) is 13.2. The van der Waals surface area contributed by atoms with Crippen LogP contribution in [0, 0.1) is 11.6 Å². The fraction of sp³-hybridized carbons (Fsp3) is 0.261. The molecule has 0 N–H and O–H groups in total. The zero-order valence-corrected chi connectivity index (χ0v) is 42.1. The van der Waals surface area contributed by atoms with E-state index in [-0.39, 0.29) is 11.6 Å². The van der Waals surface area contributed by atoms with Gasteiger partial charge in [0, 0.05) is 40.8 Å². The molecule has 4 atom stereocenters. The summed E-state index contributed by atoms with van der Waals surface area (Å²) in [6, 6.07) is 63.1. The summed E-state index contributed by atoms with van der Waals surface area (Å²) in [4.78, 5) is 15.3. The van der Waals surface area contributed by atoms with Gasteiger partial charge < -0.3 is 0 Å². The molecule has 3 nitrogen and oxygen atoms in total. The van der Waals surface area contributed by atoms with E-state index in [1.54, 1.807) is 0 Å². The molecular weight excluding hydrogens is 909 g/mol. The molecule has 4 unspecified atom stereocenters. The number of pyridine rings is 3. The van der Waals surface area contributed by atoms with Gasteiger partial charge in [-0.2, -0.15) is 0 Å². The molecular formula is C69H63F2N3. The van der Waals surface area contributed by atoms with Crippen molar-refractivity contribution in [2.45, 2.75) is 113 Å². The smallest absolute Gasteiger partial charge is 0.123 e. The first-order valence-corrected chi connectivity index (χ1v) is 27.3. The van der Waals surface area contributed by atoms with Crippen molar-refractivity contribution in [1.82, 2.24) is 15.0 Å². The van der Waals surface area contributed by atoms with Crippen LogP contribution in [0.15, 0.2) is 201 Å². The normalized spacial score (nSPS) is 21.0. The van der Waals surface area contributed by atoms with Gasteiger partial charge in [0.2, 0.25) is 0 Å². The van der Waals surface area contributed by atoms with Crippen molar-refractivity contribution >= 4 is 0 Å².